The lowest BCUT2D eigenvalue weighted by Crippen LogP contribution is -2.05. The quantitative estimate of drug-likeness (QED) is 0.712. The fourth-order valence-corrected chi connectivity index (χ4v) is 2.36. The van der Waals surface area contributed by atoms with E-state index in [2.05, 4.69) is 9.55 Å². The number of fused-ring (bicyclic) bond motifs is 1. The third kappa shape index (κ3) is 2.16. The van der Waals surface area contributed by atoms with Crippen molar-refractivity contribution >= 4 is 17.2 Å². The maximum Gasteiger partial charge on any atom is 0.120 e. The molecule has 0 fully saturated rings. The SMILES string of the molecule is N=CCc1nc2ccccc2n1Cc1ccccc1O. The van der Waals surface area contributed by atoms with E-state index in [1.807, 2.05) is 42.5 Å². The fourth-order valence-electron chi connectivity index (χ4n) is 2.36. The summed E-state index contributed by atoms with van der Waals surface area (Å²) in [6.07, 6.45) is 1.84. The van der Waals surface area contributed by atoms with Crippen LogP contribution in [0.1, 0.15) is 11.4 Å². The molecule has 0 saturated carbocycles. The molecule has 1 aromatic heterocycles. The number of nitrogens with zero attached hydrogens (tertiary/aromatic N) is 2. The Morgan fingerprint density at radius 2 is 1.85 bits per heavy atom. The van der Waals surface area contributed by atoms with Crippen molar-refractivity contribution in [2.24, 2.45) is 0 Å². The Labute approximate surface area is 116 Å². The highest BCUT2D eigenvalue weighted by molar-refractivity contribution is 5.77. The average Bonchev–Trinajstić information content (AvgIpc) is 2.80. The Morgan fingerprint density at radius 1 is 1.10 bits per heavy atom. The molecular weight excluding hydrogens is 250 g/mol. The van der Waals surface area contributed by atoms with Gasteiger partial charge in [0, 0.05) is 18.2 Å². The summed E-state index contributed by atoms with van der Waals surface area (Å²) < 4.78 is 2.05. The molecule has 0 aliphatic heterocycles. The van der Waals surface area contributed by atoms with Crippen LogP contribution >= 0.6 is 0 Å². The first-order valence-electron chi connectivity index (χ1n) is 6.49. The first-order valence-corrected chi connectivity index (χ1v) is 6.49. The maximum absolute atomic E-state index is 9.92. The summed E-state index contributed by atoms with van der Waals surface area (Å²) in [5, 5.41) is 17.2. The minimum absolute atomic E-state index is 0.283. The lowest BCUT2D eigenvalue weighted by atomic mass is 10.2. The first-order chi connectivity index (χ1) is 9.79. The van der Waals surface area contributed by atoms with Gasteiger partial charge >= 0.3 is 0 Å². The lowest BCUT2D eigenvalue weighted by Gasteiger charge is -2.09. The number of hydrogen-bond donors (Lipinski definition) is 2. The normalized spacial score (nSPS) is 10.8. The summed E-state index contributed by atoms with van der Waals surface area (Å²) in [7, 11) is 0. The molecule has 2 N–H and O–H groups in total. The van der Waals surface area contributed by atoms with Gasteiger partial charge in [0.15, 0.2) is 0 Å². The van der Waals surface area contributed by atoms with Crippen LogP contribution in [0, 0.1) is 5.41 Å². The van der Waals surface area contributed by atoms with Crippen molar-refractivity contribution in [3.05, 3.63) is 59.9 Å². The monoisotopic (exact) mass is 265 g/mol. The van der Waals surface area contributed by atoms with Gasteiger partial charge in [-0.15, -0.1) is 0 Å². The Balaban J connectivity index is 2.11. The van der Waals surface area contributed by atoms with Gasteiger partial charge in [-0.25, -0.2) is 4.98 Å². The molecule has 0 amide bonds. The van der Waals surface area contributed by atoms with Gasteiger partial charge in [0.1, 0.15) is 11.6 Å². The van der Waals surface area contributed by atoms with Crippen LogP contribution in [0.5, 0.6) is 5.75 Å². The van der Waals surface area contributed by atoms with E-state index in [0.29, 0.717) is 13.0 Å². The Morgan fingerprint density at radius 3 is 2.65 bits per heavy atom. The van der Waals surface area contributed by atoms with E-state index in [1.54, 1.807) is 6.07 Å². The molecule has 0 radical (unpaired) electrons. The molecule has 20 heavy (non-hydrogen) atoms. The van der Waals surface area contributed by atoms with E-state index >= 15 is 0 Å². The smallest absolute Gasteiger partial charge is 0.120 e. The van der Waals surface area contributed by atoms with E-state index in [1.165, 1.54) is 6.21 Å². The molecule has 0 saturated heterocycles. The highest BCUT2D eigenvalue weighted by Gasteiger charge is 2.11. The second kappa shape index (κ2) is 5.17. The molecule has 1 heterocycles. The fraction of sp³-hybridized carbons (Fsp3) is 0.125. The number of phenols is 1. The molecule has 4 heteroatoms. The molecule has 4 nitrogen and oxygen atoms in total. The summed E-state index contributed by atoms with van der Waals surface area (Å²) in [6, 6.07) is 15.2. The lowest BCUT2D eigenvalue weighted by molar-refractivity contribution is 0.466. The minimum Gasteiger partial charge on any atom is -0.508 e. The topological polar surface area (TPSA) is 61.9 Å². The molecule has 100 valence electrons. The second-order valence-corrected chi connectivity index (χ2v) is 4.64. The standard InChI is InChI=1S/C16H15N3O/c17-10-9-16-18-13-6-2-3-7-14(13)19(16)11-12-5-1-4-8-15(12)20/h1-8,10,17,20H,9,11H2. The number of hydrogen-bond acceptors (Lipinski definition) is 3. The Hall–Kier alpha value is -2.62. The van der Waals surface area contributed by atoms with Crippen molar-refractivity contribution < 1.29 is 5.11 Å². The number of phenolic OH excluding ortho intramolecular Hbond substituents is 1. The van der Waals surface area contributed by atoms with Crippen LogP contribution in [0.15, 0.2) is 48.5 Å². The van der Waals surface area contributed by atoms with Crippen molar-refractivity contribution in [2.75, 3.05) is 0 Å². The van der Waals surface area contributed by atoms with Crippen molar-refractivity contribution in [3.8, 4) is 5.75 Å². The number of aromatic nitrogens is 2. The number of nitrogens with one attached hydrogen (secondary N) is 1. The van der Waals surface area contributed by atoms with Crippen LogP contribution in [-0.2, 0) is 13.0 Å². The van der Waals surface area contributed by atoms with Gasteiger partial charge in [-0.1, -0.05) is 30.3 Å². The van der Waals surface area contributed by atoms with E-state index in [-0.39, 0.29) is 5.75 Å². The molecule has 0 spiro atoms. The number of aromatic hydroxyl groups is 1. The molecular formula is C16H15N3O. The third-order valence-corrected chi connectivity index (χ3v) is 3.34. The predicted octanol–water partition coefficient (Wildman–Crippen LogP) is 2.98. The number of benzene rings is 2. The predicted molar refractivity (Wildman–Crippen MR) is 79.4 cm³/mol. The zero-order chi connectivity index (χ0) is 13.9. The molecule has 0 aliphatic rings. The van der Waals surface area contributed by atoms with Crippen molar-refractivity contribution in [3.63, 3.8) is 0 Å². The van der Waals surface area contributed by atoms with Crippen molar-refractivity contribution in [1.82, 2.24) is 9.55 Å². The zero-order valence-electron chi connectivity index (χ0n) is 11.0. The van der Waals surface area contributed by atoms with Gasteiger partial charge in [0.2, 0.25) is 0 Å². The van der Waals surface area contributed by atoms with Gasteiger partial charge in [-0.2, -0.15) is 0 Å². The molecule has 2 aromatic carbocycles. The van der Waals surface area contributed by atoms with Crippen molar-refractivity contribution in [1.29, 1.82) is 5.41 Å². The van der Waals surface area contributed by atoms with Crippen molar-refractivity contribution in [2.45, 2.75) is 13.0 Å². The summed E-state index contributed by atoms with van der Waals surface area (Å²) in [4.78, 5) is 4.56. The Bertz CT molecular complexity index is 761. The van der Waals surface area contributed by atoms with Gasteiger partial charge in [-0.05, 0) is 18.2 Å². The third-order valence-electron chi connectivity index (χ3n) is 3.34. The van der Waals surface area contributed by atoms with Crippen LogP contribution in [0.25, 0.3) is 11.0 Å². The van der Waals surface area contributed by atoms with E-state index in [9.17, 15) is 5.11 Å². The minimum atomic E-state index is 0.283. The highest BCUT2D eigenvalue weighted by atomic mass is 16.3. The molecule has 3 aromatic rings. The van der Waals surface area contributed by atoms with Crippen LogP contribution in [-0.4, -0.2) is 20.9 Å². The largest absolute Gasteiger partial charge is 0.508 e. The van der Waals surface area contributed by atoms with Gasteiger partial charge in [-0.3, -0.25) is 0 Å². The van der Waals surface area contributed by atoms with Crippen LogP contribution in [0.2, 0.25) is 0 Å². The molecule has 0 bridgehead atoms. The maximum atomic E-state index is 9.92. The molecule has 0 atom stereocenters. The van der Waals surface area contributed by atoms with Gasteiger partial charge < -0.3 is 15.1 Å². The summed E-state index contributed by atoms with van der Waals surface area (Å²) in [5.74, 6) is 1.12. The molecule has 3 rings (SSSR count). The van der Waals surface area contributed by atoms with Crippen LogP contribution in [0.3, 0.4) is 0 Å². The number of rotatable bonds is 4. The van der Waals surface area contributed by atoms with E-state index < -0.39 is 0 Å². The van der Waals surface area contributed by atoms with Gasteiger partial charge in [0.05, 0.1) is 17.6 Å². The first kappa shape index (κ1) is 12.4. The Kier molecular flexibility index (Phi) is 3.21. The van der Waals surface area contributed by atoms with Gasteiger partial charge in [0.25, 0.3) is 0 Å². The van der Waals surface area contributed by atoms with E-state index in [4.69, 9.17) is 5.41 Å². The van der Waals surface area contributed by atoms with E-state index in [0.717, 1.165) is 22.4 Å². The summed E-state index contributed by atoms with van der Waals surface area (Å²) in [5.41, 5.74) is 2.79. The molecule has 0 unspecified atom stereocenters. The zero-order valence-corrected chi connectivity index (χ0v) is 11.0. The second-order valence-electron chi connectivity index (χ2n) is 4.64. The summed E-state index contributed by atoms with van der Waals surface area (Å²) >= 11 is 0. The summed E-state index contributed by atoms with van der Waals surface area (Å²) in [6.45, 7) is 0.552. The molecule has 0 aliphatic carbocycles. The average molecular weight is 265 g/mol. The van der Waals surface area contributed by atoms with Crippen LogP contribution in [0.4, 0.5) is 0 Å². The van der Waals surface area contributed by atoms with Crippen LogP contribution < -0.4 is 0 Å². The highest BCUT2D eigenvalue weighted by Crippen LogP contribution is 2.22. The number of imidazole rings is 1. The number of para-hydroxylation sites is 3.